The van der Waals surface area contributed by atoms with Crippen molar-refractivity contribution in [1.29, 1.82) is 0 Å². The molecule has 172 valence electrons. The summed E-state index contributed by atoms with van der Waals surface area (Å²) in [5.41, 5.74) is 3.54. The molecule has 0 unspecified atom stereocenters. The second-order valence-electron chi connectivity index (χ2n) is 8.87. The van der Waals surface area contributed by atoms with E-state index in [-0.39, 0.29) is 5.91 Å². The van der Waals surface area contributed by atoms with E-state index in [1.165, 1.54) is 42.2 Å². The largest absolute Gasteiger partial charge is 0.311 e. The van der Waals surface area contributed by atoms with Gasteiger partial charge < -0.3 is 9.47 Å². The van der Waals surface area contributed by atoms with Gasteiger partial charge in [-0.05, 0) is 56.0 Å². The Morgan fingerprint density at radius 1 is 0.848 bits per heavy atom. The van der Waals surface area contributed by atoms with Crippen molar-refractivity contribution in [2.45, 2.75) is 50.4 Å². The maximum Gasteiger partial charge on any atom is 0.237 e. The summed E-state index contributed by atoms with van der Waals surface area (Å²) >= 11 is 1.51. The minimum atomic E-state index is 0.138. The van der Waals surface area contributed by atoms with Crippen LogP contribution in [0.1, 0.15) is 42.6 Å². The number of rotatable bonds is 7. The molecule has 1 saturated heterocycles. The van der Waals surface area contributed by atoms with Crippen LogP contribution in [0, 0.1) is 0 Å². The quantitative estimate of drug-likeness (QED) is 0.489. The number of para-hydroxylation sites is 1. The molecule has 3 aromatic rings. The van der Waals surface area contributed by atoms with Crippen LogP contribution >= 0.6 is 11.8 Å². The molecule has 0 spiro atoms. The van der Waals surface area contributed by atoms with E-state index in [0.717, 1.165) is 62.2 Å². The Hall–Kier alpha value is -2.64. The molecule has 3 heterocycles. The molecular weight excluding hydrogens is 430 g/mol. The molecule has 0 saturated carbocycles. The van der Waals surface area contributed by atoms with Gasteiger partial charge in [-0.25, -0.2) is 0 Å². The number of hydrogen-bond donors (Lipinski definition) is 0. The molecule has 2 aliphatic heterocycles. The zero-order valence-corrected chi connectivity index (χ0v) is 19.8. The van der Waals surface area contributed by atoms with Gasteiger partial charge in [0.2, 0.25) is 5.91 Å². The first-order valence-electron chi connectivity index (χ1n) is 12.0. The Bertz CT molecular complexity index is 1080. The molecule has 6 nitrogen and oxygen atoms in total. The summed E-state index contributed by atoms with van der Waals surface area (Å²) < 4.78 is 2.20. The summed E-state index contributed by atoms with van der Waals surface area (Å²) in [6.45, 7) is 4.56. The Balaban J connectivity index is 1.32. The molecule has 33 heavy (non-hydrogen) atoms. The second kappa shape index (κ2) is 10.5. The van der Waals surface area contributed by atoms with Crippen LogP contribution in [0.3, 0.4) is 0 Å². The van der Waals surface area contributed by atoms with Crippen LogP contribution in [-0.4, -0.2) is 51.0 Å². The van der Waals surface area contributed by atoms with Crippen LogP contribution in [0.4, 0.5) is 5.69 Å². The fourth-order valence-electron chi connectivity index (χ4n) is 4.78. The van der Waals surface area contributed by atoms with Crippen molar-refractivity contribution in [3.63, 3.8) is 0 Å². The van der Waals surface area contributed by atoms with Crippen molar-refractivity contribution in [2.24, 2.45) is 0 Å². The number of carbonyl (C=O) groups is 1. The molecule has 1 amide bonds. The van der Waals surface area contributed by atoms with E-state index in [1.807, 2.05) is 17.0 Å². The van der Waals surface area contributed by atoms with E-state index in [0.29, 0.717) is 5.75 Å². The molecule has 0 N–H and O–H groups in total. The molecule has 0 radical (unpaired) electrons. The van der Waals surface area contributed by atoms with Gasteiger partial charge in [0.1, 0.15) is 5.82 Å². The van der Waals surface area contributed by atoms with E-state index >= 15 is 0 Å². The number of carbonyl (C=O) groups excluding carboxylic acids is 1. The number of hydrogen-bond acceptors (Lipinski definition) is 5. The smallest absolute Gasteiger partial charge is 0.237 e. The lowest BCUT2D eigenvalue weighted by molar-refractivity contribution is -0.116. The van der Waals surface area contributed by atoms with Crippen molar-refractivity contribution in [2.75, 3.05) is 30.3 Å². The van der Waals surface area contributed by atoms with E-state index in [2.05, 4.69) is 62.1 Å². The van der Waals surface area contributed by atoms with Crippen LogP contribution in [0.15, 0.2) is 59.8 Å². The highest BCUT2D eigenvalue weighted by Gasteiger charge is 2.24. The fourth-order valence-corrected chi connectivity index (χ4v) is 5.61. The minimum Gasteiger partial charge on any atom is -0.311 e. The first-order chi connectivity index (χ1) is 16.3. The molecule has 1 fully saturated rings. The standard InChI is InChI=1S/C26H31N5OS/c32-25(30-17-9-13-22-12-5-6-14-23(22)30)20-33-26-28-27-24(19-29-15-7-2-8-16-29)31(26)18-21-10-3-1-4-11-21/h1,3-6,10-12,14H,2,7-9,13,15-20H2. The molecule has 0 bridgehead atoms. The number of nitrogens with zero attached hydrogens (tertiary/aromatic N) is 5. The number of likely N-dealkylation sites (tertiary alicyclic amines) is 1. The number of amides is 1. The van der Waals surface area contributed by atoms with Gasteiger partial charge in [-0.2, -0.15) is 0 Å². The van der Waals surface area contributed by atoms with Crippen LogP contribution in [0.5, 0.6) is 0 Å². The topological polar surface area (TPSA) is 54.3 Å². The third-order valence-corrected chi connectivity index (χ3v) is 7.48. The SMILES string of the molecule is O=C(CSc1nnc(CN2CCCCC2)n1Cc1ccccc1)N1CCCc2ccccc21. The zero-order valence-electron chi connectivity index (χ0n) is 19.0. The van der Waals surface area contributed by atoms with Gasteiger partial charge in [0, 0.05) is 12.2 Å². The summed E-state index contributed by atoms with van der Waals surface area (Å²) in [6.07, 6.45) is 5.87. The number of anilines is 1. The predicted molar refractivity (Wildman–Crippen MR) is 133 cm³/mol. The normalized spacial score (nSPS) is 16.5. The van der Waals surface area contributed by atoms with Gasteiger partial charge in [0.05, 0.1) is 18.8 Å². The van der Waals surface area contributed by atoms with Crippen LogP contribution in [-0.2, 0) is 24.3 Å². The number of aryl methyl sites for hydroxylation is 1. The summed E-state index contributed by atoms with van der Waals surface area (Å²) in [5.74, 6) is 1.49. The highest BCUT2D eigenvalue weighted by Crippen LogP contribution is 2.28. The van der Waals surface area contributed by atoms with E-state index < -0.39 is 0 Å². The van der Waals surface area contributed by atoms with Gasteiger partial charge in [0.15, 0.2) is 5.16 Å². The van der Waals surface area contributed by atoms with Crippen molar-refractivity contribution in [3.8, 4) is 0 Å². The Labute approximate surface area is 200 Å². The number of benzene rings is 2. The van der Waals surface area contributed by atoms with Gasteiger partial charge in [0.25, 0.3) is 0 Å². The maximum absolute atomic E-state index is 13.2. The predicted octanol–water partition coefficient (Wildman–Crippen LogP) is 4.38. The summed E-state index contributed by atoms with van der Waals surface area (Å²) in [4.78, 5) is 17.6. The minimum absolute atomic E-state index is 0.138. The van der Waals surface area contributed by atoms with E-state index in [1.54, 1.807) is 0 Å². The van der Waals surface area contributed by atoms with E-state index in [9.17, 15) is 4.79 Å². The van der Waals surface area contributed by atoms with Gasteiger partial charge >= 0.3 is 0 Å². The highest BCUT2D eigenvalue weighted by molar-refractivity contribution is 7.99. The number of piperidine rings is 1. The number of aromatic nitrogens is 3. The van der Waals surface area contributed by atoms with Gasteiger partial charge in [-0.1, -0.05) is 66.7 Å². The van der Waals surface area contributed by atoms with Crippen molar-refractivity contribution < 1.29 is 4.79 Å². The average molecular weight is 462 g/mol. The Kier molecular flexibility index (Phi) is 7.07. The summed E-state index contributed by atoms with van der Waals surface area (Å²) in [5, 5.41) is 9.90. The van der Waals surface area contributed by atoms with Crippen LogP contribution < -0.4 is 4.90 Å². The molecule has 0 aliphatic carbocycles. The maximum atomic E-state index is 13.2. The van der Waals surface area contributed by atoms with Crippen molar-refractivity contribution in [3.05, 3.63) is 71.5 Å². The van der Waals surface area contributed by atoms with Gasteiger partial charge in [-0.3, -0.25) is 9.69 Å². The Morgan fingerprint density at radius 2 is 1.64 bits per heavy atom. The third-order valence-electron chi connectivity index (χ3n) is 6.53. The molecular formula is C26H31N5OS. The summed E-state index contributed by atoms with van der Waals surface area (Å²) in [6, 6.07) is 18.7. The monoisotopic (exact) mass is 461 g/mol. The summed E-state index contributed by atoms with van der Waals surface area (Å²) in [7, 11) is 0. The van der Waals surface area contributed by atoms with Crippen LogP contribution in [0.25, 0.3) is 0 Å². The highest BCUT2D eigenvalue weighted by atomic mass is 32.2. The molecule has 2 aliphatic rings. The van der Waals surface area contributed by atoms with Crippen molar-refractivity contribution in [1.82, 2.24) is 19.7 Å². The van der Waals surface area contributed by atoms with Crippen LogP contribution in [0.2, 0.25) is 0 Å². The second-order valence-corrected chi connectivity index (χ2v) is 9.82. The molecule has 5 rings (SSSR count). The third kappa shape index (κ3) is 5.31. The zero-order chi connectivity index (χ0) is 22.5. The molecule has 7 heteroatoms. The number of thioether (sulfide) groups is 1. The Morgan fingerprint density at radius 3 is 2.48 bits per heavy atom. The van der Waals surface area contributed by atoms with Crippen molar-refractivity contribution >= 4 is 23.4 Å². The van der Waals surface area contributed by atoms with Gasteiger partial charge in [-0.15, -0.1) is 10.2 Å². The van der Waals surface area contributed by atoms with E-state index in [4.69, 9.17) is 0 Å². The first-order valence-corrected chi connectivity index (χ1v) is 13.0. The lowest BCUT2D eigenvalue weighted by Crippen LogP contribution is -2.36. The molecule has 0 atom stereocenters. The lowest BCUT2D eigenvalue weighted by Gasteiger charge is -2.29. The molecule has 1 aromatic heterocycles. The first kappa shape index (κ1) is 22.2. The lowest BCUT2D eigenvalue weighted by atomic mass is 10.0. The fraction of sp³-hybridized carbons (Fsp3) is 0.423. The molecule has 2 aromatic carbocycles. The average Bonchev–Trinajstić information content (AvgIpc) is 3.24. The number of fused-ring (bicyclic) bond motifs is 1.